The van der Waals surface area contributed by atoms with Crippen LogP contribution in [0.2, 0.25) is 0 Å². The average Bonchev–Trinajstić information content (AvgIpc) is 3.00. The zero-order chi connectivity index (χ0) is 20.0. The molecule has 4 rings (SSSR count). The van der Waals surface area contributed by atoms with Gasteiger partial charge in [-0.15, -0.1) is 0 Å². The van der Waals surface area contributed by atoms with Crippen molar-refractivity contribution in [2.75, 3.05) is 0 Å². The minimum Gasteiger partial charge on any atom is -0.350 e. The van der Waals surface area contributed by atoms with Crippen molar-refractivity contribution >= 4 is 27.7 Å². The number of carbonyl (C=O) groups is 1. The van der Waals surface area contributed by atoms with Gasteiger partial charge in [0.1, 0.15) is 0 Å². The fraction of sp³-hybridized carbons (Fsp3) is 0.227. The first-order valence-electron chi connectivity index (χ1n) is 9.27. The molecule has 0 unspecified atom stereocenters. The van der Waals surface area contributed by atoms with Crippen LogP contribution in [0.1, 0.15) is 35.3 Å². The maximum Gasteiger partial charge on any atom is 0.280 e. The van der Waals surface area contributed by atoms with Crippen molar-refractivity contribution in [3.8, 4) is 5.69 Å². The summed E-state index contributed by atoms with van der Waals surface area (Å²) in [7, 11) is 0. The Kier molecular flexibility index (Phi) is 4.26. The highest BCUT2D eigenvalue weighted by atomic mass is 16.1. The van der Waals surface area contributed by atoms with Gasteiger partial charge in [-0.25, -0.2) is 4.68 Å². The molecule has 0 aliphatic carbocycles. The summed E-state index contributed by atoms with van der Waals surface area (Å²) in [5, 5.41) is 7.34. The summed E-state index contributed by atoms with van der Waals surface area (Å²) >= 11 is 0. The Balaban J connectivity index is 1.93. The van der Waals surface area contributed by atoms with E-state index in [9.17, 15) is 9.59 Å². The first kappa shape index (κ1) is 18.0. The molecule has 2 aromatic heterocycles. The Hall–Kier alpha value is -3.41. The van der Waals surface area contributed by atoms with E-state index in [4.69, 9.17) is 0 Å². The molecule has 142 valence electrons. The van der Waals surface area contributed by atoms with Crippen LogP contribution in [0.15, 0.2) is 47.4 Å². The smallest absolute Gasteiger partial charge is 0.280 e. The first-order valence-corrected chi connectivity index (χ1v) is 9.27. The van der Waals surface area contributed by atoms with Crippen molar-refractivity contribution in [2.24, 2.45) is 0 Å². The van der Waals surface area contributed by atoms with Crippen molar-refractivity contribution in [2.45, 2.75) is 33.7 Å². The van der Waals surface area contributed by atoms with Gasteiger partial charge in [-0.1, -0.05) is 6.07 Å². The lowest BCUT2D eigenvalue weighted by Crippen LogP contribution is -2.29. The lowest BCUT2D eigenvalue weighted by Gasteiger charge is -2.09. The number of aromatic amines is 1. The number of benzene rings is 2. The van der Waals surface area contributed by atoms with Crippen LogP contribution in [0.4, 0.5) is 0 Å². The standard InChI is InChI=1S/C22H22N4O2/c1-12(2)24-21(27)15-6-8-19-17(10-15)20-18(11-23-19)22(28)26(25-20)16-7-5-13(3)14(4)9-16/h5-12,25H,1-4H3,(H,24,27). The molecule has 6 heteroatoms. The molecule has 0 radical (unpaired) electrons. The van der Waals surface area contributed by atoms with E-state index in [0.717, 1.165) is 22.2 Å². The fourth-order valence-corrected chi connectivity index (χ4v) is 3.29. The van der Waals surface area contributed by atoms with Gasteiger partial charge in [0.2, 0.25) is 0 Å². The Morgan fingerprint density at radius 2 is 1.86 bits per heavy atom. The Bertz CT molecular complexity index is 1280. The number of hydrogen-bond acceptors (Lipinski definition) is 3. The molecule has 0 bridgehead atoms. The molecule has 0 atom stereocenters. The first-order chi connectivity index (χ1) is 13.3. The Morgan fingerprint density at radius 3 is 2.57 bits per heavy atom. The summed E-state index contributed by atoms with van der Waals surface area (Å²) in [5.41, 5.74) is 4.82. The van der Waals surface area contributed by atoms with Gasteiger partial charge >= 0.3 is 0 Å². The Morgan fingerprint density at radius 1 is 1.07 bits per heavy atom. The van der Waals surface area contributed by atoms with Gasteiger partial charge in [-0.3, -0.25) is 19.7 Å². The predicted molar refractivity (Wildman–Crippen MR) is 111 cm³/mol. The van der Waals surface area contributed by atoms with E-state index in [-0.39, 0.29) is 17.5 Å². The molecule has 0 fully saturated rings. The summed E-state index contributed by atoms with van der Waals surface area (Å²) in [6, 6.07) is 11.3. The molecule has 0 saturated heterocycles. The Labute approximate surface area is 162 Å². The van der Waals surface area contributed by atoms with Crippen LogP contribution in [0.3, 0.4) is 0 Å². The van der Waals surface area contributed by atoms with Crippen LogP contribution in [0, 0.1) is 13.8 Å². The quantitative estimate of drug-likeness (QED) is 0.575. The molecule has 28 heavy (non-hydrogen) atoms. The normalized spacial score (nSPS) is 11.5. The topological polar surface area (TPSA) is 79.8 Å². The third kappa shape index (κ3) is 2.97. The third-order valence-corrected chi connectivity index (χ3v) is 4.96. The van der Waals surface area contributed by atoms with E-state index in [0.29, 0.717) is 16.5 Å². The number of pyridine rings is 1. The van der Waals surface area contributed by atoms with Gasteiger partial charge in [-0.2, -0.15) is 0 Å². The molecular weight excluding hydrogens is 352 g/mol. The SMILES string of the molecule is Cc1ccc(-n2[nH]c3c(cnc4ccc(C(=O)NC(C)C)cc43)c2=O)cc1C. The molecule has 2 aromatic carbocycles. The second kappa shape index (κ2) is 6.64. The second-order valence-electron chi connectivity index (χ2n) is 7.43. The molecule has 0 spiro atoms. The number of hydrogen-bond donors (Lipinski definition) is 2. The number of H-pyrrole nitrogens is 1. The van der Waals surface area contributed by atoms with Gasteiger partial charge in [0.25, 0.3) is 11.5 Å². The maximum absolute atomic E-state index is 12.9. The van der Waals surface area contributed by atoms with E-state index >= 15 is 0 Å². The van der Waals surface area contributed by atoms with Crippen molar-refractivity contribution < 1.29 is 4.79 Å². The number of fused-ring (bicyclic) bond motifs is 3. The third-order valence-electron chi connectivity index (χ3n) is 4.96. The molecule has 2 heterocycles. The number of aryl methyl sites for hydroxylation is 2. The highest BCUT2D eigenvalue weighted by Crippen LogP contribution is 2.23. The van der Waals surface area contributed by atoms with Crippen molar-refractivity contribution in [1.29, 1.82) is 0 Å². The van der Waals surface area contributed by atoms with Crippen LogP contribution in [0.25, 0.3) is 27.5 Å². The van der Waals surface area contributed by atoms with Crippen LogP contribution >= 0.6 is 0 Å². The van der Waals surface area contributed by atoms with Crippen molar-refractivity contribution in [3.05, 3.63) is 69.6 Å². The number of rotatable bonds is 3. The van der Waals surface area contributed by atoms with Crippen LogP contribution in [-0.4, -0.2) is 26.7 Å². The van der Waals surface area contributed by atoms with E-state index < -0.39 is 0 Å². The largest absolute Gasteiger partial charge is 0.350 e. The molecule has 0 saturated carbocycles. The van der Waals surface area contributed by atoms with Gasteiger partial charge in [0.05, 0.1) is 22.1 Å². The summed E-state index contributed by atoms with van der Waals surface area (Å²) in [6.07, 6.45) is 1.59. The minimum absolute atomic E-state index is 0.0442. The number of amides is 1. The predicted octanol–water partition coefficient (Wildman–Crippen LogP) is 3.62. The van der Waals surface area contributed by atoms with E-state index in [1.807, 2.05) is 45.9 Å². The van der Waals surface area contributed by atoms with Crippen LogP contribution in [-0.2, 0) is 0 Å². The molecule has 4 aromatic rings. The minimum atomic E-state index is -0.162. The van der Waals surface area contributed by atoms with E-state index in [1.165, 1.54) is 10.2 Å². The number of carbonyl (C=O) groups excluding carboxylic acids is 1. The zero-order valence-electron chi connectivity index (χ0n) is 16.3. The number of nitrogens with one attached hydrogen (secondary N) is 2. The molecule has 0 aliphatic rings. The lowest BCUT2D eigenvalue weighted by molar-refractivity contribution is 0.0943. The van der Waals surface area contributed by atoms with Crippen molar-refractivity contribution in [3.63, 3.8) is 0 Å². The summed E-state index contributed by atoms with van der Waals surface area (Å²) in [4.78, 5) is 29.7. The van der Waals surface area contributed by atoms with Crippen LogP contribution in [0.5, 0.6) is 0 Å². The summed E-state index contributed by atoms with van der Waals surface area (Å²) in [5.74, 6) is -0.148. The van der Waals surface area contributed by atoms with E-state index in [1.54, 1.807) is 24.4 Å². The lowest BCUT2D eigenvalue weighted by atomic mass is 10.1. The fourth-order valence-electron chi connectivity index (χ4n) is 3.29. The number of nitrogens with zero attached hydrogens (tertiary/aromatic N) is 2. The second-order valence-corrected chi connectivity index (χ2v) is 7.43. The summed E-state index contributed by atoms with van der Waals surface area (Å²) in [6.45, 7) is 7.89. The van der Waals surface area contributed by atoms with Gasteiger partial charge < -0.3 is 5.32 Å². The summed E-state index contributed by atoms with van der Waals surface area (Å²) < 4.78 is 1.53. The van der Waals surface area contributed by atoms with Gasteiger partial charge in [0.15, 0.2) is 0 Å². The molecule has 1 amide bonds. The van der Waals surface area contributed by atoms with Crippen molar-refractivity contribution in [1.82, 2.24) is 20.1 Å². The van der Waals surface area contributed by atoms with E-state index in [2.05, 4.69) is 15.4 Å². The highest BCUT2D eigenvalue weighted by molar-refractivity contribution is 6.06. The number of aromatic nitrogens is 3. The zero-order valence-corrected chi connectivity index (χ0v) is 16.3. The average molecular weight is 374 g/mol. The highest BCUT2D eigenvalue weighted by Gasteiger charge is 2.15. The molecule has 6 nitrogen and oxygen atoms in total. The van der Waals surface area contributed by atoms with Gasteiger partial charge in [0, 0.05) is 23.2 Å². The van der Waals surface area contributed by atoms with Crippen LogP contribution < -0.4 is 10.9 Å². The van der Waals surface area contributed by atoms with Gasteiger partial charge in [-0.05, 0) is 69.2 Å². The molecule has 0 aliphatic heterocycles. The maximum atomic E-state index is 12.9. The molecule has 2 N–H and O–H groups in total. The molecular formula is C22H22N4O2. The monoisotopic (exact) mass is 374 g/mol.